The van der Waals surface area contributed by atoms with Crippen LogP contribution in [-0.4, -0.2) is 28.3 Å². The Morgan fingerprint density at radius 3 is 2.44 bits per heavy atom. The number of ether oxygens (including phenoxy) is 2. The van der Waals surface area contributed by atoms with E-state index in [4.69, 9.17) is 13.9 Å². The first-order valence-corrected chi connectivity index (χ1v) is 11.9. The van der Waals surface area contributed by atoms with Crippen molar-refractivity contribution in [2.45, 2.75) is 78.8 Å². The number of rotatable bonds is 8. The molecule has 1 heterocycles. The molecule has 0 unspecified atom stereocenters. The number of benzene rings is 2. The van der Waals surface area contributed by atoms with E-state index in [1.165, 1.54) is 11.1 Å². The lowest BCUT2D eigenvalue weighted by Gasteiger charge is -2.29. The fraction of sp³-hybridized carbons (Fsp3) is 0.429. The molecule has 3 aromatic rings. The van der Waals surface area contributed by atoms with Gasteiger partial charge >= 0.3 is 5.97 Å². The SMILES string of the molecule is Cc1ccc(-c2nc(CO[C@H]3CCC[C@@H](OCc4cccc(C)c4C(=O)O)C3)c(C)o2)cc1C. The van der Waals surface area contributed by atoms with Crippen molar-refractivity contribution in [3.8, 4) is 11.5 Å². The van der Waals surface area contributed by atoms with Gasteiger partial charge in [0.25, 0.3) is 0 Å². The van der Waals surface area contributed by atoms with Gasteiger partial charge in [-0.25, -0.2) is 9.78 Å². The van der Waals surface area contributed by atoms with E-state index in [2.05, 4.69) is 31.0 Å². The van der Waals surface area contributed by atoms with Crippen molar-refractivity contribution in [1.82, 2.24) is 4.98 Å². The molecule has 6 heteroatoms. The Morgan fingerprint density at radius 1 is 1.00 bits per heavy atom. The van der Waals surface area contributed by atoms with Crippen molar-refractivity contribution in [2.75, 3.05) is 0 Å². The number of carboxylic acids is 1. The Morgan fingerprint density at radius 2 is 1.74 bits per heavy atom. The van der Waals surface area contributed by atoms with E-state index < -0.39 is 5.97 Å². The minimum absolute atomic E-state index is 0.0467. The summed E-state index contributed by atoms with van der Waals surface area (Å²) in [5, 5.41) is 9.54. The largest absolute Gasteiger partial charge is 0.478 e. The highest BCUT2D eigenvalue weighted by molar-refractivity contribution is 5.91. The highest BCUT2D eigenvalue weighted by Crippen LogP contribution is 2.28. The van der Waals surface area contributed by atoms with Crippen LogP contribution in [0, 0.1) is 27.7 Å². The molecule has 2 atom stereocenters. The predicted molar refractivity (Wildman–Crippen MR) is 130 cm³/mol. The second-order valence-corrected chi connectivity index (χ2v) is 9.27. The lowest BCUT2D eigenvalue weighted by atomic mass is 9.94. The van der Waals surface area contributed by atoms with Crippen LogP contribution >= 0.6 is 0 Å². The van der Waals surface area contributed by atoms with Crippen LogP contribution in [0.1, 0.15) is 69.7 Å². The summed E-state index contributed by atoms with van der Waals surface area (Å²) in [5.74, 6) is 0.485. The van der Waals surface area contributed by atoms with Gasteiger partial charge in [0, 0.05) is 5.56 Å². The molecule has 1 aliphatic carbocycles. The molecule has 1 N–H and O–H groups in total. The van der Waals surface area contributed by atoms with Crippen molar-refractivity contribution >= 4 is 5.97 Å². The third kappa shape index (κ3) is 5.57. The molecule has 2 aromatic carbocycles. The van der Waals surface area contributed by atoms with Crippen molar-refractivity contribution in [2.24, 2.45) is 0 Å². The van der Waals surface area contributed by atoms with E-state index in [1.54, 1.807) is 0 Å². The summed E-state index contributed by atoms with van der Waals surface area (Å²) in [6, 6.07) is 11.7. The summed E-state index contributed by atoms with van der Waals surface area (Å²) in [6.07, 6.45) is 3.86. The summed E-state index contributed by atoms with van der Waals surface area (Å²) in [6.45, 7) is 8.61. The molecule has 4 rings (SSSR count). The van der Waals surface area contributed by atoms with Crippen LogP contribution in [0.5, 0.6) is 0 Å². The first-order valence-electron chi connectivity index (χ1n) is 11.9. The molecule has 1 fully saturated rings. The van der Waals surface area contributed by atoms with Gasteiger partial charge in [-0.2, -0.15) is 0 Å². The van der Waals surface area contributed by atoms with Crippen LogP contribution in [0.25, 0.3) is 11.5 Å². The zero-order valence-electron chi connectivity index (χ0n) is 20.4. The van der Waals surface area contributed by atoms with Crippen LogP contribution in [0.4, 0.5) is 0 Å². The van der Waals surface area contributed by atoms with E-state index in [0.717, 1.165) is 48.3 Å². The fourth-order valence-electron chi connectivity index (χ4n) is 4.52. The molecule has 0 saturated heterocycles. The Labute approximate surface area is 200 Å². The lowest BCUT2D eigenvalue weighted by Crippen LogP contribution is -2.28. The van der Waals surface area contributed by atoms with Gasteiger partial charge in [0.2, 0.25) is 5.89 Å². The van der Waals surface area contributed by atoms with Gasteiger partial charge in [-0.05, 0) is 87.8 Å². The zero-order chi connectivity index (χ0) is 24.2. The zero-order valence-corrected chi connectivity index (χ0v) is 20.4. The summed E-state index contributed by atoms with van der Waals surface area (Å²) in [7, 11) is 0. The Hall–Kier alpha value is -2.96. The van der Waals surface area contributed by atoms with Crippen molar-refractivity contribution in [1.29, 1.82) is 0 Å². The molecule has 0 spiro atoms. The maximum Gasteiger partial charge on any atom is 0.336 e. The highest BCUT2D eigenvalue weighted by atomic mass is 16.5. The number of oxazole rings is 1. The maximum atomic E-state index is 11.6. The molecule has 1 aromatic heterocycles. The summed E-state index contributed by atoms with van der Waals surface area (Å²) < 4.78 is 18.3. The summed E-state index contributed by atoms with van der Waals surface area (Å²) in [5.41, 5.74) is 6.05. The smallest absolute Gasteiger partial charge is 0.336 e. The molecule has 1 saturated carbocycles. The highest BCUT2D eigenvalue weighted by Gasteiger charge is 2.25. The first kappa shape index (κ1) is 24.2. The summed E-state index contributed by atoms with van der Waals surface area (Å²) >= 11 is 0. The van der Waals surface area contributed by atoms with E-state index in [1.807, 2.05) is 38.1 Å². The fourth-order valence-corrected chi connectivity index (χ4v) is 4.52. The van der Waals surface area contributed by atoms with Crippen molar-refractivity contribution in [3.05, 3.63) is 75.7 Å². The van der Waals surface area contributed by atoms with Crippen LogP contribution in [0.15, 0.2) is 40.8 Å². The van der Waals surface area contributed by atoms with Gasteiger partial charge in [0.1, 0.15) is 11.5 Å². The van der Waals surface area contributed by atoms with Gasteiger partial charge in [0.15, 0.2) is 0 Å². The molecule has 1 aliphatic rings. The second kappa shape index (κ2) is 10.5. The number of carbonyl (C=O) groups is 1. The number of carboxylic acid groups (broad SMARTS) is 1. The monoisotopic (exact) mass is 463 g/mol. The van der Waals surface area contributed by atoms with Gasteiger partial charge in [-0.1, -0.05) is 24.3 Å². The molecule has 0 radical (unpaired) electrons. The topological polar surface area (TPSA) is 81.8 Å². The summed E-state index contributed by atoms with van der Waals surface area (Å²) in [4.78, 5) is 16.3. The number of hydrogen-bond donors (Lipinski definition) is 1. The molecular weight excluding hydrogens is 430 g/mol. The molecule has 0 amide bonds. The minimum Gasteiger partial charge on any atom is -0.478 e. The number of aryl methyl sites for hydroxylation is 4. The second-order valence-electron chi connectivity index (χ2n) is 9.27. The first-order chi connectivity index (χ1) is 16.3. The molecule has 6 nitrogen and oxygen atoms in total. The van der Waals surface area contributed by atoms with Gasteiger partial charge in [0.05, 0.1) is 31.0 Å². The Kier molecular flexibility index (Phi) is 7.49. The van der Waals surface area contributed by atoms with Crippen LogP contribution < -0.4 is 0 Å². The van der Waals surface area contributed by atoms with Crippen LogP contribution in [-0.2, 0) is 22.7 Å². The Balaban J connectivity index is 1.34. The van der Waals surface area contributed by atoms with E-state index >= 15 is 0 Å². The van der Waals surface area contributed by atoms with E-state index in [0.29, 0.717) is 30.2 Å². The standard InChI is InChI=1S/C28H33NO5/c1-17-11-12-21(13-19(17)3)27-29-25(20(4)34-27)16-33-24-10-6-9-23(14-24)32-15-22-8-5-7-18(2)26(22)28(30)31/h5,7-8,11-13,23-24H,6,9-10,14-16H2,1-4H3,(H,30,31)/t23-,24+/m1/s1. The predicted octanol–water partition coefficient (Wildman–Crippen LogP) is 6.32. The van der Waals surface area contributed by atoms with Crippen LogP contribution in [0.2, 0.25) is 0 Å². The number of aromatic carboxylic acids is 1. The molecule has 0 bridgehead atoms. The average Bonchev–Trinajstić information content (AvgIpc) is 3.18. The van der Waals surface area contributed by atoms with Crippen molar-refractivity contribution in [3.63, 3.8) is 0 Å². The average molecular weight is 464 g/mol. The lowest BCUT2D eigenvalue weighted by molar-refractivity contribution is -0.0564. The Bertz CT molecular complexity index is 1170. The number of hydrogen-bond acceptors (Lipinski definition) is 5. The van der Waals surface area contributed by atoms with Gasteiger partial charge in [-0.15, -0.1) is 0 Å². The van der Waals surface area contributed by atoms with Gasteiger partial charge in [-0.3, -0.25) is 0 Å². The third-order valence-electron chi connectivity index (χ3n) is 6.73. The normalized spacial score (nSPS) is 18.2. The third-order valence-corrected chi connectivity index (χ3v) is 6.73. The number of aromatic nitrogens is 1. The minimum atomic E-state index is -0.912. The number of nitrogens with zero attached hydrogens (tertiary/aromatic N) is 1. The molecular formula is C28H33NO5. The molecule has 180 valence electrons. The molecule has 0 aliphatic heterocycles. The quantitative estimate of drug-likeness (QED) is 0.421. The van der Waals surface area contributed by atoms with Crippen molar-refractivity contribution < 1.29 is 23.8 Å². The molecule has 34 heavy (non-hydrogen) atoms. The van der Waals surface area contributed by atoms with E-state index in [9.17, 15) is 9.90 Å². The maximum absolute atomic E-state index is 11.6. The van der Waals surface area contributed by atoms with Crippen LogP contribution in [0.3, 0.4) is 0 Å². The van der Waals surface area contributed by atoms with E-state index in [-0.39, 0.29) is 12.2 Å². The van der Waals surface area contributed by atoms with Gasteiger partial charge < -0.3 is 19.0 Å².